The van der Waals surface area contributed by atoms with Crippen molar-refractivity contribution >= 4 is 23.0 Å². The van der Waals surface area contributed by atoms with Gasteiger partial charge in [0, 0.05) is 19.1 Å². The molecule has 0 spiro atoms. The molecule has 1 saturated heterocycles. The summed E-state index contributed by atoms with van der Waals surface area (Å²) < 4.78 is 59.0. The third-order valence-corrected chi connectivity index (χ3v) is 4.88. The van der Waals surface area contributed by atoms with Crippen LogP contribution in [0.1, 0.15) is 27.9 Å². The molecule has 5 nitrogen and oxygen atoms in total. The van der Waals surface area contributed by atoms with Crippen LogP contribution in [0.2, 0.25) is 0 Å². The number of halogens is 4. The van der Waals surface area contributed by atoms with Crippen LogP contribution in [0, 0.1) is 12.7 Å². The molecule has 0 bridgehead atoms. The number of aromatic nitrogens is 1. The van der Waals surface area contributed by atoms with Crippen LogP contribution in [0.4, 0.5) is 23.6 Å². The number of carbonyl (C=O) groups excluding carboxylic acids is 1. The number of aryl methyl sites for hydroxylation is 1. The van der Waals surface area contributed by atoms with E-state index >= 15 is 0 Å². The average molecular weight is 407 g/mol. The minimum atomic E-state index is -4.61. The SMILES string of the molecule is Cc1ccc(C(F)(F)F)c(C(=O)N2CC[C@@H](Nc3nc4cccc(F)c4o3)C2)c1. The Labute approximate surface area is 163 Å². The van der Waals surface area contributed by atoms with E-state index in [1.54, 1.807) is 13.0 Å². The number of nitrogens with zero attached hydrogens (tertiary/aromatic N) is 2. The van der Waals surface area contributed by atoms with Crippen LogP contribution in [0.5, 0.6) is 0 Å². The lowest BCUT2D eigenvalue weighted by Gasteiger charge is -2.20. The van der Waals surface area contributed by atoms with Crippen molar-refractivity contribution in [2.45, 2.75) is 25.6 Å². The van der Waals surface area contributed by atoms with Gasteiger partial charge in [0.15, 0.2) is 11.4 Å². The number of fused-ring (bicyclic) bond motifs is 1. The molecule has 152 valence electrons. The van der Waals surface area contributed by atoms with E-state index in [9.17, 15) is 22.4 Å². The number of oxazole rings is 1. The summed E-state index contributed by atoms with van der Waals surface area (Å²) in [5.74, 6) is -1.21. The first-order valence-electron chi connectivity index (χ1n) is 9.01. The Bertz CT molecular complexity index is 1080. The number of carbonyl (C=O) groups is 1. The molecule has 1 aliphatic rings. The number of amides is 1. The number of anilines is 1. The van der Waals surface area contributed by atoms with Crippen molar-refractivity contribution in [1.29, 1.82) is 0 Å². The smallest absolute Gasteiger partial charge is 0.417 e. The zero-order chi connectivity index (χ0) is 20.8. The highest BCUT2D eigenvalue weighted by atomic mass is 19.4. The molecule has 1 aromatic heterocycles. The van der Waals surface area contributed by atoms with Gasteiger partial charge in [-0.25, -0.2) is 4.39 Å². The molecule has 9 heteroatoms. The molecule has 0 unspecified atom stereocenters. The number of para-hydroxylation sites is 1. The number of nitrogens with one attached hydrogen (secondary N) is 1. The Hall–Kier alpha value is -3.10. The lowest BCUT2D eigenvalue weighted by molar-refractivity contribution is -0.138. The summed E-state index contributed by atoms with van der Waals surface area (Å²) >= 11 is 0. The summed E-state index contributed by atoms with van der Waals surface area (Å²) in [7, 11) is 0. The average Bonchev–Trinajstić information content (AvgIpc) is 3.28. The molecule has 2 aromatic carbocycles. The molecular weight excluding hydrogens is 390 g/mol. The largest absolute Gasteiger partial charge is 0.420 e. The molecular formula is C20H17F4N3O2. The minimum absolute atomic E-state index is 0.0236. The normalized spacial score (nSPS) is 17.1. The van der Waals surface area contributed by atoms with Crippen molar-refractivity contribution in [1.82, 2.24) is 9.88 Å². The van der Waals surface area contributed by atoms with Gasteiger partial charge in [0.2, 0.25) is 0 Å². The zero-order valence-corrected chi connectivity index (χ0v) is 15.4. The van der Waals surface area contributed by atoms with Gasteiger partial charge in [-0.1, -0.05) is 17.7 Å². The van der Waals surface area contributed by atoms with Gasteiger partial charge in [0.25, 0.3) is 11.9 Å². The first kappa shape index (κ1) is 19.2. The highest BCUT2D eigenvalue weighted by molar-refractivity contribution is 5.96. The van der Waals surface area contributed by atoms with Crippen molar-refractivity contribution in [3.05, 3.63) is 58.9 Å². The number of hydrogen-bond acceptors (Lipinski definition) is 4. The number of benzene rings is 2. The van der Waals surface area contributed by atoms with E-state index in [-0.39, 0.29) is 36.3 Å². The Morgan fingerprint density at radius 3 is 2.79 bits per heavy atom. The van der Waals surface area contributed by atoms with E-state index in [2.05, 4.69) is 10.3 Å². The van der Waals surface area contributed by atoms with Crippen molar-refractivity contribution in [3.63, 3.8) is 0 Å². The van der Waals surface area contributed by atoms with Crippen molar-refractivity contribution in [2.24, 2.45) is 0 Å². The van der Waals surface area contributed by atoms with Gasteiger partial charge in [-0.15, -0.1) is 0 Å². The van der Waals surface area contributed by atoms with Crippen LogP contribution in [0.25, 0.3) is 11.1 Å². The standard InChI is InChI=1S/C20H17F4N3O2/c1-11-5-6-14(20(22,23)24)13(9-11)18(28)27-8-7-12(10-27)25-19-26-16-4-2-3-15(21)17(16)29-19/h2-6,9,12H,7-8,10H2,1H3,(H,25,26)/t12-/m1/s1. The molecule has 1 fully saturated rings. The summed E-state index contributed by atoms with van der Waals surface area (Å²) in [4.78, 5) is 18.3. The van der Waals surface area contributed by atoms with Crippen LogP contribution >= 0.6 is 0 Å². The highest BCUT2D eigenvalue weighted by Crippen LogP contribution is 2.33. The molecule has 4 rings (SSSR count). The van der Waals surface area contributed by atoms with Gasteiger partial charge in [-0.05, 0) is 37.6 Å². The van der Waals surface area contributed by atoms with Crippen molar-refractivity contribution in [3.8, 4) is 0 Å². The fraction of sp³-hybridized carbons (Fsp3) is 0.300. The van der Waals surface area contributed by atoms with Crippen LogP contribution in [-0.2, 0) is 6.18 Å². The van der Waals surface area contributed by atoms with Crippen LogP contribution < -0.4 is 5.32 Å². The van der Waals surface area contributed by atoms with Crippen molar-refractivity contribution in [2.75, 3.05) is 18.4 Å². The van der Waals surface area contributed by atoms with E-state index in [1.807, 2.05) is 0 Å². The van der Waals surface area contributed by atoms with Crippen molar-refractivity contribution < 1.29 is 26.8 Å². The predicted molar refractivity (Wildman–Crippen MR) is 98.1 cm³/mol. The van der Waals surface area contributed by atoms with E-state index < -0.39 is 23.5 Å². The van der Waals surface area contributed by atoms with Gasteiger partial charge >= 0.3 is 6.18 Å². The molecule has 2 heterocycles. The molecule has 0 aliphatic carbocycles. The summed E-state index contributed by atoms with van der Waals surface area (Å²) in [6.45, 7) is 2.11. The molecule has 1 amide bonds. The van der Waals surface area contributed by atoms with Gasteiger partial charge in [-0.3, -0.25) is 4.79 Å². The molecule has 1 aliphatic heterocycles. The maximum atomic E-state index is 13.7. The third kappa shape index (κ3) is 3.76. The molecule has 0 radical (unpaired) electrons. The second-order valence-corrected chi connectivity index (χ2v) is 7.04. The number of likely N-dealkylation sites (tertiary alicyclic amines) is 1. The quantitative estimate of drug-likeness (QED) is 0.644. The molecule has 1 N–H and O–H groups in total. The van der Waals surface area contributed by atoms with Gasteiger partial charge in [-0.2, -0.15) is 18.2 Å². The second-order valence-electron chi connectivity index (χ2n) is 7.04. The third-order valence-electron chi connectivity index (χ3n) is 4.88. The number of alkyl halides is 3. The maximum absolute atomic E-state index is 13.7. The van der Waals surface area contributed by atoms with E-state index in [0.29, 0.717) is 17.5 Å². The molecule has 1 atom stereocenters. The summed E-state index contributed by atoms with van der Waals surface area (Å²) in [6, 6.07) is 7.74. The van der Waals surface area contributed by atoms with Crippen LogP contribution in [0.15, 0.2) is 40.8 Å². The lowest BCUT2D eigenvalue weighted by Crippen LogP contribution is -2.33. The summed E-state index contributed by atoms with van der Waals surface area (Å²) in [5.41, 5.74) is -0.353. The first-order chi connectivity index (χ1) is 13.7. The molecule has 0 saturated carbocycles. The second kappa shape index (κ2) is 7.06. The molecule has 29 heavy (non-hydrogen) atoms. The van der Waals surface area contributed by atoms with E-state index in [1.165, 1.54) is 29.2 Å². The fourth-order valence-electron chi connectivity index (χ4n) is 3.47. The van der Waals surface area contributed by atoms with Gasteiger partial charge < -0.3 is 14.6 Å². The van der Waals surface area contributed by atoms with Crippen LogP contribution in [0.3, 0.4) is 0 Å². The zero-order valence-electron chi connectivity index (χ0n) is 15.4. The Morgan fingerprint density at radius 2 is 2.07 bits per heavy atom. The predicted octanol–water partition coefficient (Wildman–Crippen LogP) is 4.62. The summed E-state index contributed by atoms with van der Waals surface area (Å²) in [6.07, 6.45) is -4.11. The molecule has 3 aromatic rings. The minimum Gasteiger partial charge on any atom is -0.420 e. The van der Waals surface area contributed by atoms with Gasteiger partial charge in [0.1, 0.15) is 5.52 Å². The van der Waals surface area contributed by atoms with Gasteiger partial charge in [0.05, 0.1) is 11.1 Å². The Kier molecular flexibility index (Phi) is 4.68. The fourth-order valence-corrected chi connectivity index (χ4v) is 3.47. The number of rotatable bonds is 3. The lowest BCUT2D eigenvalue weighted by atomic mass is 10.0. The topological polar surface area (TPSA) is 58.4 Å². The highest BCUT2D eigenvalue weighted by Gasteiger charge is 2.37. The Morgan fingerprint density at radius 1 is 1.28 bits per heavy atom. The first-order valence-corrected chi connectivity index (χ1v) is 9.01. The summed E-state index contributed by atoms with van der Waals surface area (Å²) in [5, 5.41) is 2.99. The maximum Gasteiger partial charge on any atom is 0.417 e. The van der Waals surface area contributed by atoms with E-state index in [0.717, 1.165) is 6.07 Å². The van der Waals surface area contributed by atoms with Crippen LogP contribution in [-0.4, -0.2) is 34.9 Å². The number of hydrogen-bond donors (Lipinski definition) is 1. The van der Waals surface area contributed by atoms with E-state index in [4.69, 9.17) is 4.42 Å². The Balaban J connectivity index is 1.50. The monoisotopic (exact) mass is 407 g/mol.